The number of rotatable bonds is 5. The first-order valence-corrected chi connectivity index (χ1v) is 9.36. The first-order chi connectivity index (χ1) is 12.7. The summed E-state index contributed by atoms with van der Waals surface area (Å²) < 4.78 is 1.91. The second-order valence-corrected chi connectivity index (χ2v) is 7.26. The zero-order valence-electron chi connectivity index (χ0n) is 14.9. The van der Waals surface area contributed by atoms with E-state index in [1.165, 1.54) is 0 Å². The largest absolute Gasteiger partial charge is 0.348 e. The molecule has 26 heavy (non-hydrogen) atoms. The maximum atomic E-state index is 12.6. The molecule has 1 N–H and O–H groups in total. The Kier molecular flexibility index (Phi) is 4.77. The molecule has 2 atom stereocenters. The lowest BCUT2D eigenvalue weighted by atomic mass is 9.83. The van der Waals surface area contributed by atoms with Crippen molar-refractivity contribution in [3.8, 4) is 0 Å². The Morgan fingerprint density at radius 1 is 1.27 bits per heavy atom. The quantitative estimate of drug-likeness (QED) is 0.878. The Morgan fingerprint density at radius 2 is 2.12 bits per heavy atom. The minimum atomic E-state index is 0.167. The third kappa shape index (κ3) is 3.52. The molecule has 0 aliphatic carbocycles. The van der Waals surface area contributed by atoms with Crippen molar-refractivity contribution < 1.29 is 9.59 Å². The maximum Gasteiger partial charge on any atom is 0.242 e. The molecule has 2 aromatic heterocycles. The molecule has 2 aliphatic rings. The smallest absolute Gasteiger partial charge is 0.242 e. The number of fused-ring (bicyclic) bond motifs is 1. The molecule has 4 heterocycles. The molecule has 2 aliphatic heterocycles. The predicted octanol–water partition coefficient (Wildman–Crippen LogP) is 1.29. The van der Waals surface area contributed by atoms with Crippen LogP contribution in [0.4, 0.5) is 0 Å². The number of hydrogen-bond donors (Lipinski definition) is 1. The lowest BCUT2D eigenvalue weighted by Crippen LogP contribution is -2.57. The zero-order chi connectivity index (χ0) is 17.9. The van der Waals surface area contributed by atoms with Crippen LogP contribution in [0.2, 0.25) is 0 Å². The van der Waals surface area contributed by atoms with E-state index in [1.54, 1.807) is 6.33 Å². The van der Waals surface area contributed by atoms with Crippen molar-refractivity contribution >= 4 is 11.8 Å². The SMILES string of the molecule is O=C(Cn1cccc1)N1CC[C@H]2[C@H](CCC(=O)N2CCc2cnc[nH]2)C1. The van der Waals surface area contributed by atoms with Gasteiger partial charge in [-0.2, -0.15) is 0 Å². The van der Waals surface area contributed by atoms with Gasteiger partial charge in [-0.1, -0.05) is 0 Å². The molecule has 0 aromatic carbocycles. The van der Waals surface area contributed by atoms with Gasteiger partial charge in [0.15, 0.2) is 0 Å². The third-order valence-electron chi connectivity index (χ3n) is 5.66. The number of nitrogens with zero attached hydrogens (tertiary/aromatic N) is 4. The van der Waals surface area contributed by atoms with Crippen LogP contribution in [-0.2, 0) is 22.6 Å². The lowest BCUT2D eigenvalue weighted by molar-refractivity contribution is -0.144. The van der Waals surface area contributed by atoms with Crippen molar-refractivity contribution in [3.05, 3.63) is 42.7 Å². The molecule has 2 amide bonds. The van der Waals surface area contributed by atoms with Crippen LogP contribution in [0.3, 0.4) is 0 Å². The van der Waals surface area contributed by atoms with E-state index < -0.39 is 0 Å². The number of aromatic amines is 1. The number of hydrogen-bond acceptors (Lipinski definition) is 3. The minimum Gasteiger partial charge on any atom is -0.348 e. The normalized spacial score (nSPS) is 23.2. The van der Waals surface area contributed by atoms with Crippen LogP contribution in [0.25, 0.3) is 0 Å². The Bertz CT molecular complexity index is 740. The summed E-state index contributed by atoms with van der Waals surface area (Å²) in [4.78, 5) is 36.2. The molecule has 2 saturated heterocycles. The Hall–Kier alpha value is -2.57. The molecule has 0 radical (unpaired) electrons. The number of carbonyl (C=O) groups excluding carboxylic acids is 2. The Balaban J connectivity index is 1.37. The summed E-state index contributed by atoms with van der Waals surface area (Å²) in [5, 5.41) is 0. The van der Waals surface area contributed by atoms with E-state index in [-0.39, 0.29) is 17.9 Å². The van der Waals surface area contributed by atoms with Crippen molar-refractivity contribution in [1.29, 1.82) is 0 Å². The summed E-state index contributed by atoms with van der Waals surface area (Å²) in [5.74, 6) is 0.801. The minimum absolute atomic E-state index is 0.167. The van der Waals surface area contributed by atoms with Gasteiger partial charge >= 0.3 is 0 Å². The zero-order valence-corrected chi connectivity index (χ0v) is 14.9. The van der Waals surface area contributed by atoms with Crippen molar-refractivity contribution in [3.63, 3.8) is 0 Å². The van der Waals surface area contributed by atoms with Crippen molar-refractivity contribution in [2.75, 3.05) is 19.6 Å². The number of likely N-dealkylation sites (tertiary alicyclic amines) is 2. The number of imidazole rings is 1. The highest BCUT2D eigenvalue weighted by Gasteiger charge is 2.40. The van der Waals surface area contributed by atoms with E-state index in [0.29, 0.717) is 18.9 Å². The number of nitrogens with one attached hydrogen (secondary N) is 1. The first-order valence-electron chi connectivity index (χ1n) is 9.36. The molecule has 7 nitrogen and oxygen atoms in total. The molecule has 2 aromatic rings. The van der Waals surface area contributed by atoms with Crippen LogP contribution in [0.1, 0.15) is 25.0 Å². The molecule has 0 spiro atoms. The van der Waals surface area contributed by atoms with Gasteiger partial charge in [0.05, 0.1) is 6.33 Å². The van der Waals surface area contributed by atoms with Gasteiger partial charge in [-0.05, 0) is 30.9 Å². The monoisotopic (exact) mass is 355 g/mol. The maximum absolute atomic E-state index is 12.6. The van der Waals surface area contributed by atoms with E-state index in [4.69, 9.17) is 0 Å². The van der Waals surface area contributed by atoms with Crippen LogP contribution in [0, 0.1) is 5.92 Å². The summed E-state index contributed by atoms with van der Waals surface area (Å²) in [6.07, 6.45) is 10.5. The van der Waals surface area contributed by atoms with Crippen LogP contribution in [-0.4, -0.2) is 61.8 Å². The fourth-order valence-electron chi connectivity index (χ4n) is 4.26. The number of aromatic nitrogens is 3. The van der Waals surface area contributed by atoms with Gasteiger partial charge in [-0.3, -0.25) is 9.59 Å². The summed E-state index contributed by atoms with van der Waals surface area (Å²) in [6.45, 7) is 2.61. The molecular formula is C19H25N5O2. The van der Waals surface area contributed by atoms with Crippen LogP contribution >= 0.6 is 0 Å². The molecule has 138 valence electrons. The second kappa shape index (κ2) is 7.35. The molecule has 0 unspecified atom stereocenters. The summed E-state index contributed by atoms with van der Waals surface area (Å²) in [7, 11) is 0. The van der Waals surface area contributed by atoms with E-state index >= 15 is 0 Å². The topological polar surface area (TPSA) is 74.2 Å². The third-order valence-corrected chi connectivity index (χ3v) is 5.66. The second-order valence-electron chi connectivity index (χ2n) is 7.26. The van der Waals surface area contributed by atoms with Crippen LogP contribution in [0.5, 0.6) is 0 Å². The standard InChI is InChI=1S/C19H25N5O2/c25-18-4-3-15-12-23(19(26)13-22-7-1-2-8-22)9-6-17(15)24(18)10-5-16-11-20-14-21-16/h1-2,7-8,11,14-15,17H,3-6,9-10,12-13H2,(H,20,21)/t15-,17+/m1/s1. The van der Waals surface area contributed by atoms with E-state index in [0.717, 1.165) is 44.6 Å². The number of piperidine rings is 2. The highest BCUT2D eigenvalue weighted by atomic mass is 16.2. The molecule has 0 bridgehead atoms. The molecule has 7 heteroatoms. The number of H-pyrrole nitrogens is 1. The molecule has 0 saturated carbocycles. The van der Waals surface area contributed by atoms with Gasteiger partial charge in [0.2, 0.25) is 11.8 Å². The van der Waals surface area contributed by atoms with Gasteiger partial charge in [0.25, 0.3) is 0 Å². The average molecular weight is 355 g/mol. The van der Waals surface area contributed by atoms with Crippen molar-refractivity contribution in [2.45, 2.75) is 38.3 Å². The van der Waals surface area contributed by atoms with Gasteiger partial charge in [-0.15, -0.1) is 0 Å². The summed E-state index contributed by atoms with van der Waals surface area (Å²) >= 11 is 0. The molecule has 2 fully saturated rings. The fourth-order valence-corrected chi connectivity index (χ4v) is 4.26. The summed E-state index contributed by atoms with van der Waals surface area (Å²) in [5.41, 5.74) is 1.05. The first kappa shape index (κ1) is 16.9. The highest BCUT2D eigenvalue weighted by molar-refractivity contribution is 5.78. The van der Waals surface area contributed by atoms with Crippen molar-refractivity contribution in [2.24, 2.45) is 5.92 Å². The Morgan fingerprint density at radius 3 is 2.88 bits per heavy atom. The number of carbonyl (C=O) groups is 2. The van der Waals surface area contributed by atoms with E-state index in [1.807, 2.05) is 45.1 Å². The van der Waals surface area contributed by atoms with Gasteiger partial charge < -0.3 is 19.4 Å². The Labute approximate surface area is 153 Å². The van der Waals surface area contributed by atoms with Gasteiger partial charge in [-0.25, -0.2) is 4.98 Å². The molecule has 4 rings (SSSR count). The average Bonchev–Trinajstić information content (AvgIpc) is 3.34. The number of amides is 2. The van der Waals surface area contributed by atoms with Crippen LogP contribution in [0.15, 0.2) is 37.1 Å². The van der Waals surface area contributed by atoms with Crippen molar-refractivity contribution in [1.82, 2.24) is 24.3 Å². The van der Waals surface area contributed by atoms with Crippen LogP contribution < -0.4 is 0 Å². The molecular weight excluding hydrogens is 330 g/mol. The van der Waals surface area contributed by atoms with Gasteiger partial charge in [0.1, 0.15) is 6.54 Å². The van der Waals surface area contributed by atoms with Gasteiger partial charge in [0, 0.05) is 62.8 Å². The predicted molar refractivity (Wildman–Crippen MR) is 96.1 cm³/mol. The summed E-state index contributed by atoms with van der Waals surface area (Å²) in [6, 6.07) is 4.13. The van der Waals surface area contributed by atoms with E-state index in [2.05, 4.69) is 9.97 Å². The highest BCUT2D eigenvalue weighted by Crippen LogP contribution is 2.31. The lowest BCUT2D eigenvalue weighted by Gasteiger charge is -2.47. The van der Waals surface area contributed by atoms with E-state index in [9.17, 15) is 9.59 Å². The fraction of sp³-hybridized carbons (Fsp3) is 0.526.